The Kier molecular flexibility index (Phi) is 4.53. The van der Waals surface area contributed by atoms with Crippen molar-refractivity contribution in [3.05, 3.63) is 73.2 Å². The number of anilines is 5. The minimum absolute atomic E-state index is 0.484. The quantitative estimate of drug-likeness (QED) is 0.548. The van der Waals surface area contributed by atoms with E-state index in [1.54, 1.807) is 6.20 Å². The van der Waals surface area contributed by atoms with Crippen LogP contribution in [0.25, 0.3) is 10.8 Å². The van der Waals surface area contributed by atoms with Gasteiger partial charge in [0.15, 0.2) is 11.6 Å². The monoisotopic (exact) mass is 356 g/mol. The average Bonchev–Trinajstić information content (AvgIpc) is 2.72. The first kappa shape index (κ1) is 16.8. The average molecular weight is 356 g/mol. The Morgan fingerprint density at radius 2 is 1.74 bits per heavy atom. The second kappa shape index (κ2) is 7.29. The highest BCUT2D eigenvalue weighted by molar-refractivity contribution is 5.97. The van der Waals surface area contributed by atoms with Crippen molar-refractivity contribution in [1.29, 1.82) is 0 Å². The molecule has 0 saturated carbocycles. The van der Waals surface area contributed by atoms with Gasteiger partial charge in [0.2, 0.25) is 0 Å². The van der Waals surface area contributed by atoms with Crippen LogP contribution in [0.4, 0.5) is 28.8 Å². The summed E-state index contributed by atoms with van der Waals surface area (Å²) in [5.41, 5.74) is 7.98. The number of benzene rings is 2. The zero-order chi connectivity index (χ0) is 18.6. The molecule has 2 aromatic heterocycles. The fourth-order valence-corrected chi connectivity index (χ4v) is 3.14. The van der Waals surface area contributed by atoms with Gasteiger partial charge in [-0.25, -0.2) is 15.0 Å². The first-order chi connectivity index (χ1) is 13.3. The number of nitrogens with zero attached hydrogens (tertiary/aromatic N) is 4. The summed E-state index contributed by atoms with van der Waals surface area (Å²) in [6, 6.07) is 20.1. The van der Waals surface area contributed by atoms with Crippen LogP contribution in [0.3, 0.4) is 0 Å². The summed E-state index contributed by atoms with van der Waals surface area (Å²) in [6.07, 6.45) is 3.24. The first-order valence-electron chi connectivity index (χ1n) is 8.81. The van der Waals surface area contributed by atoms with Crippen molar-refractivity contribution in [1.82, 2.24) is 15.0 Å². The van der Waals surface area contributed by atoms with E-state index in [4.69, 9.17) is 5.73 Å². The third-order valence-electron chi connectivity index (χ3n) is 4.40. The molecule has 2 aromatic carbocycles. The Hall–Kier alpha value is -3.67. The largest absolute Gasteiger partial charge is 0.393 e. The molecule has 4 rings (SSSR count). The molecule has 0 unspecified atom stereocenters. The van der Waals surface area contributed by atoms with Gasteiger partial charge in [-0.1, -0.05) is 42.5 Å². The number of nitrogens with two attached hydrogens (primary N) is 1. The SMILES string of the molecule is CCN(c1ncnc(Nc2ccccn2)c1N)c1cccc2ccccc12. The van der Waals surface area contributed by atoms with Gasteiger partial charge in [-0.15, -0.1) is 0 Å². The molecule has 3 N–H and O–H groups in total. The molecule has 0 aliphatic heterocycles. The van der Waals surface area contributed by atoms with Crippen molar-refractivity contribution in [2.24, 2.45) is 0 Å². The van der Waals surface area contributed by atoms with Crippen LogP contribution in [0.1, 0.15) is 6.92 Å². The van der Waals surface area contributed by atoms with Gasteiger partial charge in [-0.05, 0) is 30.5 Å². The fourth-order valence-electron chi connectivity index (χ4n) is 3.14. The number of aromatic nitrogens is 3. The molecular formula is C21H20N6. The Labute approximate surface area is 157 Å². The molecule has 0 atom stereocenters. The topological polar surface area (TPSA) is 80.0 Å². The summed E-state index contributed by atoms with van der Waals surface area (Å²) in [7, 11) is 0. The highest BCUT2D eigenvalue weighted by Crippen LogP contribution is 2.36. The van der Waals surface area contributed by atoms with Crippen LogP contribution in [-0.2, 0) is 0 Å². The molecule has 0 aliphatic carbocycles. The van der Waals surface area contributed by atoms with E-state index in [0.717, 1.165) is 17.6 Å². The standard InChI is InChI=1S/C21H20N6/c1-2-27(17-11-7-9-15-8-3-4-10-16(15)17)21-19(22)20(24-14-25-21)26-18-12-5-6-13-23-18/h3-14H,2,22H2,1H3,(H,23,24,25,26). The normalized spacial score (nSPS) is 10.7. The van der Waals surface area contributed by atoms with E-state index >= 15 is 0 Å². The molecule has 0 amide bonds. The van der Waals surface area contributed by atoms with Gasteiger partial charge >= 0.3 is 0 Å². The van der Waals surface area contributed by atoms with Crippen molar-refractivity contribution in [2.45, 2.75) is 6.92 Å². The van der Waals surface area contributed by atoms with E-state index in [9.17, 15) is 0 Å². The van der Waals surface area contributed by atoms with Crippen molar-refractivity contribution < 1.29 is 0 Å². The minimum atomic E-state index is 0.484. The molecule has 6 nitrogen and oxygen atoms in total. The highest BCUT2D eigenvalue weighted by Gasteiger charge is 2.17. The van der Waals surface area contributed by atoms with Gasteiger partial charge in [-0.3, -0.25) is 0 Å². The summed E-state index contributed by atoms with van der Waals surface area (Å²) in [5.74, 6) is 1.89. The number of nitrogens with one attached hydrogen (secondary N) is 1. The number of nitrogen functional groups attached to an aromatic ring is 1. The molecule has 0 fully saturated rings. The maximum Gasteiger partial charge on any atom is 0.161 e. The summed E-state index contributed by atoms with van der Waals surface area (Å²) >= 11 is 0. The second-order valence-corrected chi connectivity index (χ2v) is 6.04. The van der Waals surface area contributed by atoms with Crippen molar-refractivity contribution in [2.75, 3.05) is 22.5 Å². The molecular weight excluding hydrogens is 336 g/mol. The fraction of sp³-hybridized carbons (Fsp3) is 0.0952. The van der Waals surface area contributed by atoms with Crippen LogP contribution in [0.5, 0.6) is 0 Å². The van der Waals surface area contributed by atoms with E-state index in [1.807, 2.05) is 36.4 Å². The van der Waals surface area contributed by atoms with Crippen LogP contribution in [0.15, 0.2) is 73.2 Å². The van der Waals surface area contributed by atoms with E-state index in [2.05, 4.69) is 56.4 Å². The third kappa shape index (κ3) is 3.25. The maximum atomic E-state index is 6.43. The van der Waals surface area contributed by atoms with E-state index < -0.39 is 0 Å². The minimum Gasteiger partial charge on any atom is -0.393 e. The number of fused-ring (bicyclic) bond motifs is 1. The van der Waals surface area contributed by atoms with E-state index in [0.29, 0.717) is 23.1 Å². The Morgan fingerprint density at radius 1 is 0.926 bits per heavy atom. The van der Waals surface area contributed by atoms with Crippen molar-refractivity contribution in [3.63, 3.8) is 0 Å². The molecule has 0 radical (unpaired) electrons. The van der Waals surface area contributed by atoms with Gasteiger partial charge in [0.1, 0.15) is 17.8 Å². The smallest absolute Gasteiger partial charge is 0.161 e. The van der Waals surface area contributed by atoms with Gasteiger partial charge in [0.05, 0.1) is 5.69 Å². The van der Waals surface area contributed by atoms with Crippen LogP contribution < -0.4 is 16.0 Å². The van der Waals surface area contributed by atoms with Crippen LogP contribution in [0.2, 0.25) is 0 Å². The molecule has 0 aliphatic rings. The lowest BCUT2D eigenvalue weighted by Gasteiger charge is -2.25. The van der Waals surface area contributed by atoms with Crippen LogP contribution >= 0.6 is 0 Å². The lowest BCUT2D eigenvalue weighted by Crippen LogP contribution is -2.20. The molecule has 4 aromatic rings. The highest BCUT2D eigenvalue weighted by atomic mass is 15.2. The lowest BCUT2D eigenvalue weighted by molar-refractivity contribution is 0.984. The van der Waals surface area contributed by atoms with Crippen LogP contribution in [0, 0.1) is 0 Å². The summed E-state index contributed by atoms with van der Waals surface area (Å²) in [6.45, 7) is 2.80. The number of pyridine rings is 1. The van der Waals surface area contributed by atoms with E-state index in [-0.39, 0.29) is 0 Å². The Balaban J connectivity index is 1.78. The molecule has 0 bridgehead atoms. The molecule has 134 valence electrons. The lowest BCUT2D eigenvalue weighted by atomic mass is 10.1. The predicted molar refractivity (Wildman–Crippen MR) is 111 cm³/mol. The van der Waals surface area contributed by atoms with Crippen LogP contribution in [-0.4, -0.2) is 21.5 Å². The van der Waals surface area contributed by atoms with Crippen molar-refractivity contribution >= 4 is 39.6 Å². The Bertz CT molecular complexity index is 1060. The van der Waals surface area contributed by atoms with Gasteiger partial charge in [-0.2, -0.15) is 0 Å². The molecule has 0 spiro atoms. The molecule has 0 saturated heterocycles. The molecule has 6 heteroatoms. The summed E-state index contributed by atoms with van der Waals surface area (Å²) < 4.78 is 0. The first-order valence-corrected chi connectivity index (χ1v) is 8.81. The number of hydrogen-bond donors (Lipinski definition) is 2. The summed E-state index contributed by atoms with van der Waals surface area (Å²) in [5, 5.41) is 5.49. The maximum absolute atomic E-state index is 6.43. The van der Waals surface area contributed by atoms with Gasteiger partial charge < -0.3 is 16.0 Å². The van der Waals surface area contributed by atoms with Gasteiger partial charge in [0, 0.05) is 18.1 Å². The van der Waals surface area contributed by atoms with E-state index in [1.165, 1.54) is 11.7 Å². The van der Waals surface area contributed by atoms with Crippen molar-refractivity contribution in [3.8, 4) is 0 Å². The molecule has 2 heterocycles. The van der Waals surface area contributed by atoms with Gasteiger partial charge in [0.25, 0.3) is 0 Å². The third-order valence-corrected chi connectivity index (χ3v) is 4.40. The molecule has 27 heavy (non-hydrogen) atoms. The predicted octanol–water partition coefficient (Wildman–Crippen LogP) is 4.51. The number of hydrogen-bond acceptors (Lipinski definition) is 6. The Morgan fingerprint density at radius 3 is 2.56 bits per heavy atom. The zero-order valence-corrected chi connectivity index (χ0v) is 15.0. The number of rotatable bonds is 5. The zero-order valence-electron chi connectivity index (χ0n) is 15.0. The second-order valence-electron chi connectivity index (χ2n) is 6.04. The summed E-state index contributed by atoms with van der Waals surface area (Å²) in [4.78, 5) is 15.1.